The first-order valence-corrected chi connectivity index (χ1v) is 3.35. The average Bonchev–Trinajstić information content (AvgIpc) is 1.76. The summed E-state index contributed by atoms with van der Waals surface area (Å²) in [5, 5.41) is 0. The van der Waals surface area contributed by atoms with Crippen LogP contribution in [0.15, 0.2) is 17.0 Å². The van der Waals surface area contributed by atoms with Gasteiger partial charge in [-0.05, 0) is 6.92 Å². The van der Waals surface area contributed by atoms with Crippen molar-refractivity contribution in [3.05, 3.63) is 12.0 Å². The van der Waals surface area contributed by atoms with E-state index in [-0.39, 0.29) is 0 Å². The quantitative estimate of drug-likeness (QED) is 0.567. The molecule has 0 atom stereocenters. The van der Waals surface area contributed by atoms with Crippen LogP contribution in [0.25, 0.3) is 0 Å². The van der Waals surface area contributed by atoms with Crippen LogP contribution in [0.5, 0.6) is 0 Å². The molecule has 1 aliphatic rings. The maximum atomic E-state index is 5.18. The van der Waals surface area contributed by atoms with Gasteiger partial charge in [0.2, 0.25) is 11.8 Å². The van der Waals surface area contributed by atoms with Crippen LogP contribution < -0.4 is 0 Å². The highest BCUT2D eigenvalue weighted by molar-refractivity contribution is 5.93. The first-order valence-electron chi connectivity index (χ1n) is 3.35. The smallest absolute Gasteiger partial charge is 0.221 e. The highest BCUT2D eigenvalue weighted by atomic mass is 16.5. The number of aliphatic imine (C=N–C) groups is 1. The Morgan fingerprint density at radius 2 is 2.20 bits per heavy atom. The van der Waals surface area contributed by atoms with Gasteiger partial charge in [-0.25, -0.2) is 0 Å². The van der Waals surface area contributed by atoms with E-state index >= 15 is 0 Å². The summed E-state index contributed by atoms with van der Waals surface area (Å²) in [6.07, 6.45) is 1.92. The van der Waals surface area contributed by atoms with Crippen molar-refractivity contribution in [1.82, 2.24) is 4.90 Å². The summed E-state index contributed by atoms with van der Waals surface area (Å²) >= 11 is 0. The van der Waals surface area contributed by atoms with Crippen molar-refractivity contribution in [3.63, 3.8) is 0 Å². The molecule has 1 heterocycles. The minimum absolute atomic E-state index is 0.742. The summed E-state index contributed by atoms with van der Waals surface area (Å²) in [7, 11) is 3.88. The predicted molar refractivity (Wildman–Crippen MR) is 40.8 cm³/mol. The van der Waals surface area contributed by atoms with E-state index in [1.54, 1.807) is 0 Å². The van der Waals surface area contributed by atoms with Gasteiger partial charge in [-0.3, -0.25) is 4.99 Å². The zero-order chi connectivity index (χ0) is 7.56. The van der Waals surface area contributed by atoms with Crippen molar-refractivity contribution >= 4 is 5.90 Å². The topological polar surface area (TPSA) is 24.8 Å². The lowest BCUT2D eigenvalue weighted by Crippen LogP contribution is -2.25. The molecular formula is C7H12N2O. The summed E-state index contributed by atoms with van der Waals surface area (Å²) in [5.41, 5.74) is 0. The number of ether oxygens (including phenoxy) is 1. The van der Waals surface area contributed by atoms with Gasteiger partial charge in [0.15, 0.2) is 0 Å². The van der Waals surface area contributed by atoms with E-state index in [4.69, 9.17) is 4.74 Å². The fraction of sp³-hybridized carbons (Fsp3) is 0.571. The third-order valence-electron chi connectivity index (χ3n) is 1.21. The molecule has 3 nitrogen and oxygen atoms in total. The number of nitrogens with zero attached hydrogens (tertiary/aromatic N) is 2. The van der Waals surface area contributed by atoms with E-state index in [1.807, 2.05) is 32.0 Å². The Bertz CT molecular complexity index is 182. The Hall–Kier alpha value is -0.990. The Morgan fingerprint density at radius 1 is 1.60 bits per heavy atom. The van der Waals surface area contributed by atoms with Crippen LogP contribution in [0.1, 0.15) is 6.92 Å². The second-order valence-electron chi connectivity index (χ2n) is 2.29. The van der Waals surface area contributed by atoms with E-state index in [9.17, 15) is 0 Å². The Balaban J connectivity index is 2.47. The standard InChI is InChI=1S/C7H12N2O/c1-4-8-6-5-7(10-6)9(2)3/h5H,4H2,1-3H3. The molecule has 0 bridgehead atoms. The zero-order valence-corrected chi connectivity index (χ0v) is 6.59. The molecule has 0 aromatic carbocycles. The van der Waals surface area contributed by atoms with E-state index in [0.717, 1.165) is 18.3 Å². The van der Waals surface area contributed by atoms with Gasteiger partial charge < -0.3 is 9.64 Å². The van der Waals surface area contributed by atoms with Gasteiger partial charge in [-0.15, -0.1) is 0 Å². The van der Waals surface area contributed by atoms with Gasteiger partial charge in [0.05, 0.1) is 6.08 Å². The van der Waals surface area contributed by atoms with Crippen LogP contribution in [0.4, 0.5) is 0 Å². The lowest BCUT2D eigenvalue weighted by molar-refractivity contribution is 0.246. The normalized spacial score (nSPS) is 19.5. The average molecular weight is 140 g/mol. The molecular weight excluding hydrogens is 128 g/mol. The highest BCUT2D eigenvalue weighted by Crippen LogP contribution is 2.13. The monoisotopic (exact) mass is 140 g/mol. The Labute approximate surface area is 61.0 Å². The van der Waals surface area contributed by atoms with Gasteiger partial charge in [-0.2, -0.15) is 0 Å². The van der Waals surface area contributed by atoms with Crippen molar-refractivity contribution in [3.8, 4) is 0 Å². The molecule has 0 amide bonds. The molecule has 0 spiro atoms. The van der Waals surface area contributed by atoms with Gasteiger partial charge in [0, 0.05) is 20.6 Å². The summed E-state index contributed by atoms with van der Waals surface area (Å²) < 4.78 is 5.18. The largest absolute Gasteiger partial charge is 0.423 e. The first kappa shape index (κ1) is 7.12. The van der Waals surface area contributed by atoms with Crippen molar-refractivity contribution in [2.24, 2.45) is 4.99 Å². The molecule has 0 unspecified atom stereocenters. The second-order valence-corrected chi connectivity index (χ2v) is 2.29. The van der Waals surface area contributed by atoms with Gasteiger partial charge in [0.1, 0.15) is 0 Å². The summed E-state index contributed by atoms with van der Waals surface area (Å²) in [5.74, 6) is 1.62. The van der Waals surface area contributed by atoms with Crippen LogP contribution in [0.2, 0.25) is 0 Å². The van der Waals surface area contributed by atoms with Crippen LogP contribution in [0, 0.1) is 0 Å². The lowest BCUT2D eigenvalue weighted by atomic mass is 10.4. The van der Waals surface area contributed by atoms with Crippen LogP contribution in [-0.2, 0) is 4.74 Å². The molecule has 0 fully saturated rings. The molecule has 1 rings (SSSR count). The fourth-order valence-electron chi connectivity index (χ4n) is 0.668. The van der Waals surface area contributed by atoms with Crippen molar-refractivity contribution in [2.45, 2.75) is 6.92 Å². The number of hydrogen-bond donors (Lipinski definition) is 0. The SMILES string of the molecule is CCN=C1C=C(N(C)C)O1. The van der Waals surface area contributed by atoms with Crippen molar-refractivity contribution in [1.29, 1.82) is 0 Å². The van der Waals surface area contributed by atoms with Gasteiger partial charge in [-0.1, -0.05) is 0 Å². The van der Waals surface area contributed by atoms with E-state index in [0.29, 0.717) is 0 Å². The minimum atomic E-state index is 0.742. The molecule has 0 N–H and O–H groups in total. The number of hydrogen-bond acceptors (Lipinski definition) is 3. The summed E-state index contributed by atoms with van der Waals surface area (Å²) in [6, 6.07) is 0. The van der Waals surface area contributed by atoms with E-state index in [2.05, 4.69) is 4.99 Å². The molecule has 1 aliphatic heterocycles. The van der Waals surface area contributed by atoms with E-state index < -0.39 is 0 Å². The molecule has 56 valence electrons. The van der Waals surface area contributed by atoms with Crippen LogP contribution in [-0.4, -0.2) is 31.4 Å². The summed E-state index contributed by atoms with van der Waals surface area (Å²) in [4.78, 5) is 5.97. The van der Waals surface area contributed by atoms with Crippen molar-refractivity contribution in [2.75, 3.05) is 20.6 Å². The maximum absolute atomic E-state index is 5.18. The van der Waals surface area contributed by atoms with Crippen molar-refractivity contribution < 1.29 is 4.74 Å². The molecule has 0 radical (unpaired) electrons. The van der Waals surface area contributed by atoms with Crippen LogP contribution in [0.3, 0.4) is 0 Å². The van der Waals surface area contributed by atoms with Gasteiger partial charge >= 0.3 is 0 Å². The molecule has 0 aliphatic carbocycles. The summed E-state index contributed by atoms with van der Waals surface area (Å²) in [6.45, 7) is 2.77. The second kappa shape index (κ2) is 2.73. The Morgan fingerprint density at radius 3 is 2.60 bits per heavy atom. The molecule has 10 heavy (non-hydrogen) atoms. The van der Waals surface area contributed by atoms with Crippen LogP contribution >= 0.6 is 0 Å². The molecule has 0 saturated heterocycles. The maximum Gasteiger partial charge on any atom is 0.221 e. The van der Waals surface area contributed by atoms with E-state index in [1.165, 1.54) is 0 Å². The Kier molecular flexibility index (Phi) is 1.94. The third kappa shape index (κ3) is 1.29. The molecule has 0 aromatic heterocycles. The molecule has 0 aromatic rings. The molecule has 3 heteroatoms. The number of rotatable bonds is 2. The minimum Gasteiger partial charge on any atom is -0.423 e. The fourth-order valence-corrected chi connectivity index (χ4v) is 0.668. The van der Waals surface area contributed by atoms with Gasteiger partial charge in [0.25, 0.3) is 0 Å². The highest BCUT2D eigenvalue weighted by Gasteiger charge is 2.15. The third-order valence-corrected chi connectivity index (χ3v) is 1.21. The first-order chi connectivity index (χ1) is 4.74. The predicted octanol–water partition coefficient (Wildman–Crippen LogP) is 0.838. The zero-order valence-electron chi connectivity index (χ0n) is 6.59. The molecule has 0 saturated carbocycles. The lowest BCUT2D eigenvalue weighted by Gasteiger charge is -2.23.